The van der Waals surface area contributed by atoms with E-state index in [1.807, 2.05) is 24.8 Å². The molecule has 7 nitrogen and oxygen atoms in total. The molecule has 2 saturated heterocycles. The SMILES string of the molecule is COc1c(C)cc(C)cc1S(=O)(=O)N1CCCC(N2CCNCC2=O)C1. The van der Waals surface area contributed by atoms with E-state index in [0.29, 0.717) is 31.9 Å². The summed E-state index contributed by atoms with van der Waals surface area (Å²) in [5.41, 5.74) is 1.68. The quantitative estimate of drug-likeness (QED) is 0.838. The van der Waals surface area contributed by atoms with Crippen LogP contribution in [0.3, 0.4) is 0 Å². The number of sulfonamides is 1. The van der Waals surface area contributed by atoms with Gasteiger partial charge in [-0.2, -0.15) is 4.31 Å². The summed E-state index contributed by atoms with van der Waals surface area (Å²) in [6, 6.07) is 3.52. The van der Waals surface area contributed by atoms with E-state index in [-0.39, 0.29) is 16.8 Å². The van der Waals surface area contributed by atoms with Gasteiger partial charge in [0.1, 0.15) is 10.6 Å². The smallest absolute Gasteiger partial charge is 0.246 e. The summed E-state index contributed by atoms with van der Waals surface area (Å²) in [6.07, 6.45) is 1.58. The first-order valence-corrected chi connectivity index (χ1v) is 10.4. The number of aryl methyl sites for hydroxylation is 2. The highest BCUT2D eigenvalue weighted by Crippen LogP contribution is 2.33. The molecule has 1 N–H and O–H groups in total. The van der Waals surface area contributed by atoms with E-state index in [2.05, 4.69) is 5.32 Å². The summed E-state index contributed by atoms with van der Waals surface area (Å²) < 4.78 is 33.5. The number of hydrogen-bond donors (Lipinski definition) is 1. The minimum absolute atomic E-state index is 0.0458. The summed E-state index contributed by atoms with van der Waals surface area (Å²) in [5, 5.41) is 3.06. The fraction of sp³-hybridized carbons (Fsp3) is 0.611. The summed E-state index contributed by atoms with van der Waals surface area (Å²) >= 11 is 0. The average Bonchev–Trinajstić information content (AvgIpc) is 2.61. The molecule has 0 aromatic heterocycles. The van der Waals surface area contributed by atoms with Gasteiger partial charge in [0.2, 0.25) is 15.9 Å². The number of rotatable bonds is 4. The average molecular weight is 381 g/mol. The Morgan fingerprint density at radius 1 is 1.23 bits per heavy atom. The van der Waals surface area contributed by atoms with Gasteiger partial charge in [-0.15, -0.1) is 0 Å². The molecular weight excluding hydrogens is 354 g/mol. The number of hydrogen-bond acceptors (Lipinski definition) is 5. The molecule has 0 bridgehead atoms. The van der Waals surface area contributed by atoms with Crippen LogP contribution >= 0.6 is 0 Å². The molecule has 1 aromatic carbocycles. The molecule has 1 aromatic rings. The van der Waals surface area contributed by atoms with Gasteiger partial charge in [0.25, 0.3) is 0 Å². The number of amides is 1. The molecule has 2 aliphatic rings. The molecule has 0 radical (unpaired) electrons. The number of piperidine rings is 1. The Kier molecular flexibility index (Phi) is 5.55. The largest absolute Gasteiger partial charge is 0.495 e. The van der Waals surface area contributed by atoms with Gasteiger partial charge < -0.3 is 15.0 Å². The Balaban J connectivity index is 1.89. The first kappa shape index (κ1) is 19.1. The molecule has 1 amide bonds. The Morgan fingerprint density at radius 3 is 2.69 bits per heavy atom. The van der Waals surface area contributed by atoms with Crippen molar-refractivity contribution in [1.82, 2.24) is 14.5 Å². The predicted octanol–water partition coefficient (Wildman–Crippen LogP) is 0.897. The fourth-order valence-corrected chi connectivity index (χ4v) is 5.74. The third-order valence-electron chi connectivity index (χ3n) is 5.13. The van der Waals surface area contributed by atoms with Crippen molar-refractivity contribution < 1.29 is 17.9 Å². The number of ether oxygens (including phenoxy) is 1. The first-order chi connectivity index (χ1) is 12.3. The number of carbonyl (C=O) groups is 1. The maximum atomic E-state index is 13.3. The van der Waals surface area contributed by atoms with Crippen molar-refractivity contribution in [3.8, 4) is 5.75 Å². The number of nitrogens with zero attached hydrogens (tertiary/aromatic N) is 2. The molecule has 1 atom stereocenters. The van der Waals surface area contributed by atoms with Crippen molar-refractivity contribution in [2.75, 3.05) is 39.8 Å². The zero-order valence-corrected chi connectivity index (χ0v) is 16.4. The second kappa shape index (κ2) is 7.54. The number of benzene rings is 1. The van der Waals surface area contributed by atoms with Gasteiger partial charge in [0.15, 0.2) is 0 Å². The minimum atomic E-state index is -3.68. The summed E-state index contributed by atoms with van der Waals surface area (Å²) in [7, 11) is -2.19. The monoisotopic (exact) mass is 381 g/mol. The molecule has 8 heteroatoms. The van der Waals surface area contributed by atoms with E-state index in [9.17, 15) is 13.2 Å². The van der Waals surface area contributed by atoms with Crippen molar-refractivity contribution in [1.29, 1.82) is 0 Å². The normalized spacial score (nSPS) is 22.5. The molecule has 2 aliphatic heterocycles. The lowest BCUT2D eigenvalue weighted by molar-refractivity contribution is -0.135. The van der Waals surface area contributed by atoms with Crippen LogP contribution in [0, 0.1) is 13.8 Å². The molecule has 0 aliphatic carbocycles. The Morgan fingerprint density at radius 2 is 2.00 bits per heavy atom. The molecule has 144 valence electrons. The molecule has 0 spiro atoms. The lowest BCUT2D eigenvalue weighted by atomic mass is 10.1. The van der Waals surface area contributed by atoms with E-state index in [1.54, 1.807) is 6.07 Å². The van der Waals surface area contributed by atoms with E-state index in [0.717, 1.165) is 30.5 Å². The second-order valence-corrected chi connectivity index (χ2v) is 8.94. The third-order valence-corrected chi connectivity index (χ3v) is 7.00. The second-order valence-electron chi connectivity index (χ2n) is 7.04. The van der Waals surface area contributed by atoms with Gasteiger partial charge in [-0.3, -0.25) is 4.79 Å². The predicted molar refractivity (Wildman–Crippen MR) is 98.8 cm³/mol. The Bertz CT molecular complexity index is 794. The third kappa shape index (κ3) is 3.58. The lowest BCUT2D eigenvalue weighted by Crippen LogP contribution is -2.57. The van der Waals surface area contributed by atoms with Gasteiger partial charge in [-0.05, 0) is 43.9 Å². The van der Waals surface area contributed by atoms with E-state index >= 15 is 0 Å². The molecule has 0 saturated carbocycles. The van der Waals surface area contributed by atoms with E-state index in [4.69, 9.17) is 4.74 Å². The minimum Gasteiger partial charge on any atom is -0.495 e. The van der Waals surface area contributed by atoms with Crippen molar-refractivity contribution in [3.05, 3.63) is 23.3 Å². The molecule has 26 heavy (non-hydrogen) atoms. The van der Waals surface area contributed by atoms with Crippen LogP contribution in [-0.4, -0.2) is 69.4 Å². The maximum absolute atomic E-state index is 13.3. The van der Waals surface area contributed by atoms with Gasteiger partial charge in [-0.25, -0.2) is 8.42 Å². The van der Waals surface area contributed by atoms with Crippen LogP contribution in [0.15, 0.2) is 17.0 Å². The maximum Gasteiger partial charge on any atom is 0.246 e. The zero-order valence-electron chi connectivity index (χ0n) is 15.6. The lowest BCUT2D eigenvalue weighted by Gasteiger charge is -2.40. The van der Waals surface area contributed by atoms with Crippen LogP contribution in [0.1, 0.15) is 24.0 Å². The van der Waals surface area contributed by atoms with Crippen LogP contribution in [0.4, 0.5) is 0 Å². The fourth-order valence-electron chi connectivity index (χ4n) is 3.91. The molecule has 2 fully saturated rings. The van der Waals surface area contributed by atoms with E-state index < -0.39 is 10.0 Å². The van der Waals surface area contributed by atoms with Crippen molar-refractivity contribution >= 4 is 15.9 Å². The van der Waals surface area contributed by atoms with E-state index in [1.165, 1.54) is 11.4 Å². The summed E-state index contributed by atoms with van der Waals surface area (Å²) in [5.74, 6) is 0.445. The van der Waals surface area contributed by atoms with Gasteiger partial charge in [0, 0.05) is 32.2 Å². The van der Waals surface area contributed by atoms with Crippen LogP contribution in [0.25, 0.3) is 0 Å². The molecule has 1 unspecified atom stereocenters. The molecule has 3 rings (SSSR count). The molecular formula is C18H27N3O4S. The van der Waals surface area contributed by atoms with Crippen LogP contribution in [0.5, 0.6) is 5.75 Å². The summed E-state index contributed by atoms with van der Waals surface area (Å²) in [4.78, 5) is 14.2. The number of piperazine rings is 1. The highest BCUT2D eigenvalue weighted by atomic mass is 32.2. The number of methoxy groups -OCH3 is 1. The Labute approximate surface area is 155 Å². The van der Waals surface area contributed by atoms with Gasteiger partial charge in [-0.1, -0.05) is 6.07 Å². The van der Waals surface area contributed by atoms with Crippen LogP contribution in [-0.2, 0) is 14.8 Å². The summed E-state index contributed by atoms with van der Waals surface area (Å²) in [6.45, 7) is 6.24. The zero-order chi connectivity index (χ0) is 18.9. The van der Waals surface area contributed by atoms with Crippen molar-refractivity contribution in [2.45, 2.75) is 37.6 Å². The van der Waals surface area contributed by atoms with Gasteiger partial charge in [0.05, 0.1) is 13.7 Å². The van der Waals surface area contributed by atoms with Crippen LogP contribution < -0.4 is 10.1 Å². The number of nitrogens with one attached hydrogen (secondary N) is 1. The van der Waals surface area contributed by atoms with Crippen molar-refractivity contribution in [2.24, 2.45) is 0 Å². The molecule has 2 heterocycles. The standard InChI is InChI=1S/C18H27N3O4S/c1-13-9-14(2)18(25-3)16(10-13)26(23,24)20-7-4-5-15(12-20)21-8-6-19-11-17(21)22/h9-10,15,19H,4-8,11-12H2,1-3H3. The highest BCUT2D eigenvalue weighted by Gasteiger charge is 2.36. The van der Waals surface area contributed by atoms with Crippen molar-refractivity contribution in [3.63, 3.8) is 0 Å². The number of carbonyl (C=O) groups excluding carboxylic acids is 1. The van der Waals surface area contributed by atoms with Crippen LogP contribution in [0.2, 0.25) is 0 Å². The Hall–Kier alpha value is -1.64. The van der Waals surface area contributed by atoms with Gasteiger partial charge >= 0.3 is 0 Å². The highest BCUT2D eigenvalue weighted by molar-refractivity contribution is 7.89. The first-order valence-electron chi connectivity index (χ1n) is 9.00. The topological polar surface area (TPSA) is 79.0 Å².